The lowest BCUT2D eigenvalue weighted by molar-refractivity contribution is -0.133. The summed E-state index contributed by atoms with van der Waals surface area (Å²) >= 11 is 0. The first kappa shape index (κ1) is 24.9. The number of aryl methyl sites for hydroxylation is 1. The van der Waals surface area contributed by atoms with Gasteiger partial charge in [0.05, 0.1) is 12.5 Å². The third kappa shape index (κ3) is 5.40. The maximum atomic E-state index is 13.7. The number of ketones is 1. The summed E-state index contributed by atoms with van der Waals surface area (Å²) in [6.45, 7) is 13.6. The highest BCUT2D eigenvalue weighted by Gasteiger charge is 2.31. The molecule has 35 heavy (non-hydrogen) atoms. The van der Waals surface area contributed by atoms with Gasteiger partial charge in [0.25, 0.3) is 0 Å². The molecule has 1 saturated heterocycles. The minimum atomic E-state index is -0.312. The highest BCUT2D eigenvalue weighted by molar-refractivity contribution is 5.99. The van der Waals surface area contributed by atoms with Crippen molar-refractivity contribution in [1.82, 2.24) is 14.4 Å². The van der Waals surface area contributed by atoms with Crippen molar-refractivity contribution >= 4 is 11.7 Å². The molecule has 0 spiro atoms. The summed E-state index contributed by atoms with van der Waals surface area (Å²) in [4.78, 5) is 31.0. The van der Waals surface area contributed by atoms with Crippen LogP contribution in [0, 0.1) is 13.8 Å². The van der Waals surface area contributed by atoms with E-state index in [4.69, 9.17) is 0 Å². The van der Waals surface area contributed by atoms with Gasteiger partial charge in [-0.2, -0.15) is 0 Å². The summed E-state index contributed by atoms with van der Waals surface area (Å²) in [6, 6.07) is 22.0. The summed E-state index contributed by atoms with van der Waals surface area (Å²) in [5, 5.41) is 0. The fraction of sp³-hybridized carbons (Fsp3) is 0.400. The predicted molar refractivity (Wildman–Crippen MR) is 141 cm³/mol. The third-order valence-corrected chi connectivity index (χ3v) is 6.97. The molecule has 1 aromatic heterocycles. The van der Waals surface area contributed by atoms with Gasteiger partial charge in [0.1, 0.15) is 0 Å². The van der Waals surface area contributed by atoms with E-state index >= 15 is 0 Å². The van der Waals surface area contributed by atoms with Crippen LogP contribution in [0.5, 0.6) is 0 Å². The molecule has 1 aliphatic heterocycles. The number of carbonyl (C=O) groups is 2. The molecule has 2 aromatic carbocycles. The Morgan fingerprint density at radius 1 is 0.829 bits per heavy atom. The maximum absolute atomic E-state index is 13.7. The van der Waals surface area contributed by atoms with Crippen molar-refractivity contribution in [3.05, 3.63) is 94.8 Å². The second kappa shape index (κ2) is 10.2. The second-order valence-corrected chi connectivity index (χ2v) is 10.6. The Balaban J connectivity index is 1.43. The van der Waals surface area contributed by atoms with Crippen LogP contribution in [-0.2, 0) is 10.3 Å². The first-order valence-corrected chi connectivity index (χ1v) is 12.5. The molecule has 1 fully saturated rings. The molecule has 0 radical (unpaired) electrons. The van der Waals surface area contributed by atoms with Crippen LogP contribution in [0.3, 0.4) is 0 Å². The predicted octanol–water partition coefficient (Wildman–Crippen LogP) is 5.02. The Morgan fingerprint density at radius 3 is 1.80 bits per heavy atom. The van der Waals surface area contributed by atoms with Crippen LogP contribution >= 0.6 is 0 Å². The molecule has 1 aliphatic rings. The Labute approximate surface area is 209 Å². The van der Waals surface area contributed by atoms with Crippen LogP contribution in [0.2, 0.25) is 0 Å². The number of benzene rings is 2. The zero-order valence-electron chi connectivity index (χ0n) is 21.6. The van der Waals surface area contributed by atoms with E-state index in [0.717, 1.165) is 28.1 Å². The second-order valence-electron chi connectivity index (χ2n) is 10.6. The maximum Gasteiger partial charge on any atom is 0.234 e. The average molecular weight is 472 g/mol. The summed E-state index contributed by atoms with van der Waals surface area (Å²) in [7, 11) is 0. The number of amides is 1. The largest absolute Gasteiger partial charge is 0.343 e. The molecule has 5 heteroatoms. The average Bonchev–Trinajstić information content (AvgIpc) is 3.15. The topological polar surface area (TPSA) is 45.6 Å². The van der Waals surface area contributed by atoms with E-state index in [-0.39, 0.29) is 23.1 Å². The van der Waals surface area contributed by atoms with Gasteiger partial charge in [-0.3, -0.25) is 14.5 Å². The number of hydrogen-bond acceptors (Lipinski definition) is 3. The van der Waals surface area contributed by atoms with E-state index in [2.05, 4.69) is 37.2 Å². The van der Waals surface area contributed by atoms with E-state index in [1.807, 2.05) is 78.6 Å². The summed E-state index contributed by atoms with van der Waals surface area (Å²) < 4.78 is 2.24. The van der Waals surface area contributed by atoms with Crippen LogP contribution in [0.1, 0.15) is 59.6 Å². The lowest BCUT2D eigenvalue weighted by Crippen LogP contribution is -2.51. The lowest BCUT2D eigenvalue weighted by Gasteiger charge is -2.36. The molecule has 3 aromatic rings. The molecule has 0 N–H and O–H groups in total. The van der Waals surface area contributed by atoms with Crippen molar-refractivity contribution in [2.45, 2.75) is 46.1 Å². The third-order valence-electron chi connectivity index (χ3n) is 6.97. The zero-order valence-corrected chi connectivity index (χ0v) is 21.6. The molecular weight excluding hydrogens is 434 g/mol. The summed E-state index contributed by atoms with van der Waals surface area (Å²) in [6.07, 6.45) is 0. The van der Waals surface area contributed by atoms with E-state index in [0.29, 0.717) is 32.7 Å². The van der Waals surface area contributed by atoms with E-state index in [1.165, 1.54) is 0 Å². The van der Waals surface area contributed by atoms with Crippen LogP contribution in [0.4, 0.5) is 0 Å². The fourth-order valence-corrected chi connectivity index (χ4v) is 5.44. The molecule has 2 heterocycles. The lowest BCUT2D eigenvalue weighted by atomic mass is 9.90. The van der Waals surface area contributed by atoms with Gasteiger partial charge < -0.3 is 9.47 Å². The number of aromatic nitrogens is 1. The monoisotopic (exact) mass is 471 g/mol. The quantitative estimate of drug-likeness (QED) is 0.474. The first-order valence-electron chi connectivity index (χ1n) is 12.5. The molecular formula is C30H37N3O2. The number of nitrogens with zero attached hydrogens (tertiary/aromatic N) is 3. The number of piperazine rings is 1. The molecule has 0 aliphatic carbocycles. The number of rotatable bonds is 6. The molecule has 0 unspecified atom stereocenters. The van der Waals surface area contributed by atoms with E-state index in [9.17, 15) is 9.59 Å². The van der Waals surface area contributed by atoms with E-state index in [1.54, 1.807) is 0 Å². The van der Waals surface area contributed by atoms with Gasteiger partial charge in [-0.25, -0.2) is 0 Å². The van der Waals surface area contributed by atoms with Gasteiger partial charge in [-0.05, 0) is 51.8 Å². The van der Waals surface area contributed by atoms with Gasteiger partial charge in [-0.15, -0.1) is 0 Å². The minimum absolute atomic E-state index is 0.0628. The molecule has 0 atom stereocenters. The standard InChI is InChI=1S/C30H37N3O2/c1-22-20-26(23(2)33(22)30(3,4)5)27(34)21-31-16-18-32(19-17-31)29(35)28(24-12-8-6-9-13-24)25-14-10-7-11-15-25/h6-15,20,28H,16-19,21H2,1-5H3. The number of hydrogen-bond donors (Lipinski definition) is 0. The molecule has 184 valence electrons. The van der Waals surface area contributed by atoms with E-state index < -0.39 is 0 Å². The normalized spacial score (nSPS) is 15.0. The van der Waals surface area contributed by atoms with Crippen molar-refractivity contribution in [3.63, 3.8) is 0 Å². The minimum Gasteiger partial charge on any atom is -0.343 e. The first-order chi connectivity index (χ1) is 16.7. The Bertz CT molecular complexity index is 1130. The van der Waals surface area contributed by atoms with Crippen molar-refractivity contribution < 1.29 is 9.59 Å². The smallest absolute Gasteiger partial charge is 0.234 e. The van der Waals surface area contributed by atoms with Crippen molar-refractivity contribution in [3.8, 4) is 0 Å². The van der Waals surface area contributed by atoms with Crippen LogP contribution in [0.25, 0.3) is 0 Å². The van der Waals surface area contributed by atoms with Crippen LogP contribution < -0.4 is 0 Å². The van der Waals surface area contributed by atoms with Gasteiger partial charge in [0.2, 0.25) is 5.91 Å². The van der Waals surface area contributed by atoms with Crippen LogP contribution in [-0.4, -0.2) is 58.8 Å². The Kier molecular flexibility index (Phi) is 7.27. The van der Waals surface area contributed by atoms with Gasteiger partial charge in [0.15, 0.2) is 5.78 Å². The summed E-state index contributed by atoms with van der Waals surface area (Å²) in [5.41, 5.74) is 4.91. The zero-order chi connectivity index (χ0) is 25.2. The molecule has 5 nitrogen and oxygen atoms in total. The Morgan fingerprint density at radius 2 is 1.34 bits per heavy atom. The van der Waals surface area contributed by atoms with Crippen molar-refractivity contribution in [1.29, 1.82) is 0 Å². The summed E-state index contributed by atoms with van der Waals surface area (Å²) in [5.74, 6) is -0.0321. The number of carbonyl (C=O) groups excluding carboxylic acids is 2. The Hall–Kier alpha value is -3.18. The van der Waals surface area contributed by atoms with Gasteiger partial charge in [-0.1, -0.05) is 60.7 Å². The SMILES string of the molecule is Cc1cc(C(=O)CN2CCN(C(=O)C(c3ccccc3)c3ccccc3)CC2)c(C)n1C(C)(C)C. The van der Waals surface area contributed by atoms with Crippen LogP contribution in [0.15, 0.2) is 66.7 Å². The van der Waals surface area contributed by atoms with Crippen molar-refractivity contribution in [2.75, 3.05) is 32.7 Å². The molecule has 0 bridgehead atoms. The molecule has 1 amide bonds. The van der Waals surface area contributed by atoms with Gasteiger partial charge in [0, 0.05) is 48.7 Å². The molecule has 4 rings (SSSR count). The molecule has 0 saturated carbocycles. The van der Waals surface area contributed by atoms with Crippen molar-refractivity contribution in [2.24, 2.45) is 0 Å². The highest BCUT2D eigenvalue weighted by atomic mass is 16.2. The highest BCUT2D eigenvalue weighted by Crippen LogP contribution is 2.28. The number of Topliss-reactive ketones (excluding diaryl/α,β-unsaturated/α-hetero) is 1. The fourth-order valence-electron chi connectivity index (χ4n) is 5.44. The van der Waals surface area contributed by atoms with Gasteiger partial charge >= 0.3 is 0 Å².